The lowest BCUT2D eigenvalue weighted by atomic mass is 10.1. The fourth-order valence-electron chi connectivity index (χ4n) is 3.66. The third kappa shape index (κ3) is 4.95. The Morgan fingerprint density at radius 2 is 1.97 bits per heavy atom. The lowest BCUT2D eigenvalue weighted by Gasteiger charge is -2.26. The molecule has 32 heavy (non-hydrogen) atoms. The van der Waals surface area contributed by atoms with Gasteiger partial charge in [0, 0.05) is 43.2 Å². The van der Waals surface area contributed by atoms with E-state index in [1.807, 2.05) is 36.4 Å². The van der Waals surface area contributed by atoms with Crippen LogP contribution >= 0.6 is 11.3 Å². The van der Waals surface area contributed by atoms with Crippen LogP contribution in [0.15, 0.2) is 36.4 Å². The predicted molar refractivity (Wildman–Crippen MR) is 124 cm³/mol. The van der Waals surface area contributed by atoms with Gasteiger partial charge in [-0.15, -0.1) is 0 Å². The van der Waals surface area contributed by atoms with Crippen LogP contribution in [0.25, 0.3) is 21.6 Å². The van der Waals surface area contributed by atoms with Crippen LogP contribution in [-0.2, 0) is 9.53 Å². The number of hydrogen-bond donors (Lipinski definition) is 2. The summed E-state index contributed by atoms with van der Waals surface area (Å²) < 4.78 is 5.35. The molecule has 2 fully saturated rings. The molecule has 2 aromatic heterocycles. The normalized spacial score (nSPS) is 16.8. The molecule has 1 aromatic carbocycles. The highest BCUT2D eigenvalue weighted by atomic mass is 32.1. The Kier molecular flexibility index (Phi) is 6.11. The maximum Gasteiger partial charge on any atom is 0.251 e. The van der Waals surface area contributed by atoms with E-state index in [9.17, 15) is 9.59 Å². The van der Waals surface area contributed by atoms with Gasteiger partial charge in [0.1, 0.15) is 10.3 Å². The minimum atomic E-state index is -0.0935. The highest BCUT2D eigenvalue weighted by Gasteiger charge is 2.30. The first-order chi connectivity index (χ1) is 15.7. The van der Waals surface area contributed by atoms with Gasteiger partial charge < -0.3 is 15.4 Å². The Morgan fingerprint density at radius 3 is 2.78 bits per heavy atom. The molecule has 2 N–H and O–H groups in total. The Labute approximate surface area is 190 Å². The number of rotatable bonds is 7. The summed E-state index contributed by atoms with van der Waals surface area (Å²) in [5, 5.41) is 6.46. The van der Waals surface area contributed by atoms with Crippen LogP contribution in [0.5, 0.6) is 0 Å². The Bertz CT molecular complexity index is 1140. The van der Waals surface area contributed by atoms with Gasteiger partial charge in [0.15, 0.2) is 5.13 Å². The van der Waals surface area contributed by atoms with Crippen molar-refractivity contribution in [2.24, 2.45) is 5.92 Å². The van der Waals surface area contributed by atoms with Crippen molar-refractivity contribution in [1.29, 1.82) is 0 Å². The summed E-state index contributed by atoms with van der Waals surface area (Å²) in [4.78, 5) is 36.8. The monoisotopic (exact) mass is 451 g/mol. The highest BCUT2D eigenvalue weighted by Crippen LogP contribution is 2.32. The number of thiazole rings is 1. The van der Waals surface area contributed by atoms with Crippen molar-refractivity contribution in [3.8, 4) is 11.3 Å². The third-order valence-electron chi connectivity index (χ3n) is 5.67. The van der Waals surface area contributed by atoms with Gasteiger partial charge in [0.25, 0.3) is 5.91 Å². The Hall–Kier alpha value is -2.88. The molecule has 9 heteroatoms. The van der Waals surface area contributed by atoms with E-state index in [1.54, 1.807) is 0 Å². The second kappa shape index (κ2) is 9.32. The van der Waals surface area contributed by atoms with Crippen molar-refractivity contribution >= 4 is 38.6 Å². The molecule has 8 nitrogen and oxygen atoms in total. The summed E-state index contributed by atoms with van der Waals surface area (Å²) in [6, 6.07) is 11.3. The largest absolute Gasteiger partial charge is 0.379 e. The maximum atomic E-state index is 12.6. The van der Waals surface area contributed by atoms with Crippen molar-refractivity contribution in [2.75, 3.05) is 44.7 Å². The first kappa shape index (κ1) is 21.0. The van der Waals surface area contributed by atoms with Crippen LogP contribution in [0, 0.1) is 5.92 Å². The molecule has 0 atom stereocenters. The number of amides is 2. The molecule has 166 valence electrons. The van der Waals surface area contributed by atoms with E-state index < -0.39 is 0 Å². The number of aromatic nitrogens is 2. The fourth-order valence-corrected chi connectivity index (χ4v) is 4.50. The first-order valence-corrected chi connectivity index (χ1v) is 11.7. The molecule has 1 aliphatic heterocycles. The number of hydrogen-bond acceptors (Lipinski definition) is 7. The average Bonchev–Trinajstić information content (AvgIpc) is 3.60. The molecule has 0 radical (unpaired) electrons. The van der Waals surface area contributed by atoms with E-state index >= 15 is 0 Å². The van der Waals surface area contributed by atoms with E-state index in [2.05, 4.69) is 20.5 Å². The quantitative estimate of drug-likeness (QED) is 0.574. The summed E-state index contributed by atoms with van der Waals surface area (Å²) in [5.74, 6) is 0.0777. The number of pyridine rings is 1. The van der Waals surface area contributed by atoms with Crippen LogP contribution in [0.3, 0.4) is 0 Å². The standard InChI is InChI=1S/C23H25N5O3S/c29-20(24-8-9-28-10-12-31-13-11-28)17-3-1-2-16(14-17)18-6-7-19-22(25-18)32-23(26-19)27-21(30)15-4-5-15/h1-3,6-7,14-15H,4-5,8-13H2,(H,24,29)(H,26,27,30). The lowest BCUT2D eigenvalue weighted by Crippen LogP contribution is -2.41. The van der Waals surface area contributed by atoms with Gasteiger partial charge in [-0.3, -0.25) is 14.5 Å². The molecule has 2 amide bonds. The molecule has 1 aliphatic carbocycles. The Morgan fingerprint density at radius 1 is 1.12 bits per heavy atom. The molecule has 0 spiro atoms. The molecular formula is C23H25N5O3S. The number of benzene rings is 1. The second-order valence-electron chi connectivity index (χ2n) is 8.09. The van der Waals surface area contributed by atoms with E-state index in [1.165, 1.54) is 11.3 Å². The van der Waals surface area contributed by atoms with Crippen LogP contribution in [-0.4, -0.2) is 66.1 Å². The van der Waals surface area contributed by atoms with Gasteiger partial charge in [-0.1, -0.05) is 23.5 Å². The number of anilines is 1. The summed E-state index contributed by atoms with van der Waals surface area (Å²) in [6.45, 7) is 4.73. The summed E-state index contributed by atoms with van der Waals surface area (Å²) in [7, 11) is 0. The SMILES string of the molecule is O=C(NCCN1CCOCC1)c1cccc(-c2ccc3nc(NC(=O)C4CC4)sc3n2)c1. The second-order valence-corrected chi connectivity index (χ2v) is 9.07. The van der Waals surface area contributed by atoms with Gasteiger partial charge in [0.05, 0.1) is 18.9 Å². The molecule has 3 heterocycles. The van der Waals surface area contributed by atoms with Crippen molar-refractivity contribution in [3.63, 3.8) is 0 Å². The zero-order valence-electron chi connectivity index (χ0n) is 17.7. The summed E-state index contributed by atoms with van der Waals surface area (Å²) in [5.41, 5.74) is 2.99. The Balaban J connectivity index is 1.25. The molecule has 2 aliphatic rings. The average molecular weight is 452 g/mol. The smallest absolute Gasteiger partial charge is 0.251 e. The van der Waals surface area contributed by atoms with Crippen molar-refractivity contribution in [1.82, 2.24) is 20.2 Å². The molecule has 0 bridgehead atoms. The summed E-state index contributed by atoms with van der Waals surface area (Å²) in [6.07, 6.45) is 1.91. The van der Waals surface area contributed by atoms with Gasteiger partial charge >= 0.3 is 0 Å². The van der Waals surface area contributed by atoms with Crippen LogP contribution in [0.4, 0.5) is 5.13 Å². The number of carbonyl (C=O) groups excluding carboxylic acids is 2. The number of nitrogens with one attached hydrogen (secondary N) is 2. The molecule has 1 saturated carbocycles. The number of fused-ring (bicyclic) bond motifs is 1. The molecule has 1 saturated heterocycles. The zero-order chi connectivity index (χ0) is 21.9. The summed E-state index contributed by atoms with van der Waals surface area (Å²) >= 11 is 1.37. The van der Waals surface area contributed by atoms with Crippen molar-refractivity contribution in [2.45, 2.75) is 12.8 Å². The molecule has 5 rings (SSSR count). The predicted octanol–water partition coefficient (Wildman–Crippen LogP) is 2.77. The minimum Gasteiger partial charge on any atom is -0.379 e. The zero-order valence-corrected chi connectivity index (χ0v) is 18.5. The van der Waals surface area contributed by atoms with Gasteiger partial charge in [-0.2, -0.15) is 0 Å². The number of nitrogens with zero attached hydrogens (tertiary/aromatic N) is 3. The van der Waals surface area contributed by atoms with Gasteiger partial charge in [-0.25, -0.2) is 9.97 Å². The van der Waals surface area contributed by atoms with E-state index in [4.69, 9.17) is 9.72 Å². The maximum absolute atomic E-state index is 12.6. The third-order valence-corrected chi connectivity index (χ3v) is 6.55. The van der Waals surface area contributed by atoms with Crippen molar-refractivity contribution < 1.29 is 14.3 Å². The highest BCUT2D eigenvalue weighted by molar-refractivity contribution is 7.22. The topological polar surface area (TPSA) is 96.5 Å². The van der Waals surface area contributed by atoms with Crippen molar-refractivity contribution in [3.05, 3.63) is 42.0 Å². The minimum absolute atomic E-state index is 0.0385. The number of carbonyl (C=O) groups is 2. The molecule has 3 aromatic rings. The van der Waals surface area contributed by atoms with E-state index in [0.717, 1.165) is 67.3 Å². The van der Waals surface area contributed by atoms with E-state index in [0.29, 0.717) is 17.2 Å². The van der Waals surface area contributed by atoms with E-state index in [-0.39, 0.29) is 17.7 Å². The van der Waals surface area contributed by atoms with Crippen LogP contribution < -0.4 is 10.6 Å². The fraction of sp³-hybridized carbons (Fsp3) is 0.391. The van der Waals surface area contributed by atoms with Gasteiger partial charge in [0.2, 0.25) is 5.91 Å². The molecular weight excluding hydrogens is 426 g/mol. The molecule has 0 unspecified atom stereocenters. The number of ether oxygens (including phenoxy) is 1. The van der Waals surface area contributed by atoms with Crippen LogP contribution in [0.2, 0.25) is 0 Å². The van der Waals surface area contributed by atoms with Gasteiger partial charge in [-0.05, 0) is 37.1 Å². The number of morpholine rings is 1. The van der Waals surface area contributed by atoms with Crippen LogP contribution in [0.1, 0.15) is 23.2 Å². The first-order valence-electron chi connectivity index (χ1n) is 10.9. The lowest BCUT2D eigenvalue weighted by molar-refractivity contribution is -0.117.